The average Bonchev–Trinajstić information content (AvgIpc) is 3.34. The Morgan fingerprint density at radius 3 is 2.60 bits per heavy atom. The van der Waals surface area contributed by atoms with Crippen LogP contribution in [0.3, 0.4) is 0 Å². The molecule has 1 N–H and O–H groups in total. The van der Waals surface area contributed by atoms with Crippen LogP contribution in [0.15, 0.2) is 28.8 Å². The van der Waals surface area contributed by atoms with Crippen molar-refractivity contribution in [1.29, 1.82) is 0 Å². The van der Waals surface area contributed by atoms with Crippen molar-refractivity contribution in [3.8, 4) is 11.4 Å². The number of aromatic nitrogens is 2. The molecule has 0 atom stereocenters. The van der Waals surface area contributed by atoms with E-state index in [1.807, 2.05) is 24.3 Å². The molecule has 0 spiro atoms. The number of nitrogens with one attached hydrogen (secondary N) is 1. The van der Waals surface area contributed by atoms with Gasteiger partial charge < -0.3 is 9.84 Å². The first-order chi connectivity index (χ1) is 12.3. The third-order valence-corrected chi connectivity index (χ3v) is 5.51. The minimum atomic E-state index is 0.136. The van der Waals surface area contributed by atoms with Gasteiger partial charge in [-0.2, -0.15) is 4.98 Å². The summed E-state index contributed by atoms with van der Waals surface area (Å²) in [5.74, 6) is 2.06. The van der Waals surface area contributed by atoms with Crippen LogP contribution in [-0.2, 0) is 4.79 Å². The third kappa shape index (κ3) is 3.75. The standard InChI is InChI=1S/C20H25N3O2/c24-19(14-7-2-1-3-8-14)21-17-12-6-11-16(13-17)18-22-20(25-23-18)15-9-4-5-10-15/h6,11-15H,1-5,7-10H2,(H,21,24). The van der Waals surface area contributed by atoms with Crippen LogP contribution in [0.1, 0.15) is 69.6 Å². The molecule has 0 bridgehead atoms. The van der Waals surface area contributed by atoms with Gasteiger partial charge in [0.15, 0.2) is 0 Å². The van der Waals surface area contributed by atoms with Crippen molar-refractivity contribution in [2.75, 3.05) is 5.32 Å². The van der Waals surface area contributed by atoms with E-state index in [2.05, 4.69) is 15.5 Å². The minimum absolute atomic E-state index is 0.136. The van der Waals surface area contributed by atoms with Crippen molar-refractivity contribution in [3.63, 3.8) is 0 Å². The van der Waals surface area contributed by atoms with E-state index in [1.165, 1.54) is 19.3 Å². The fourth-order valence-corrected chi connectivity index (χ4v) is 4.04. The van der Waals surface area contributed by atoms with E-state index in [9.17, 15) is 4.79 Å². The first kappa shape index (κ1) is 16.3. The lowest BCUT2D eigenvalue weighted by Crippen LogP contribution is -2.24. The molecule has 5 heteroatoms. The van der Waals surface area contributed by atoms with Gasteiger partial charge in [-0.15, -0.1) is 0 Å². The molecule has 2 saturated carbocycles. The highest BCUT2D eigenvalue weighted by atomic mass is 16.5. The molecule has 25 heavy (non-hydrogen) atoms. The Morgan fingerprint density at radius 1 is 1.04 bits per heavy atom. The van der Waals surface area contributed by atoms with Crippen LogP contribution in [0.4, 0.5) is 5.69 Å². The molecule has 1 heterocycles. The van der Waals surface area contributed by atoms with Crippen molar-refractivity contribution in [3.05, 3.63) is 30.2 Å². The number of nitrogens with zero attached hydrogens (tertiary/aromatic N) is 2. The number of carbonyl (C=O) groups excluding carboxylic acids is 1. The number of carbonyl (C=O) groups is 1. The van der Waals surface area contributed by atoms with E-state index >= 15 is 0 Å². The smallest absolute Gasteiger partial charge is 0.230 e. The third-order valence-electron chi connectivity index (χ3n) is 5.51. The highest BCUT2D eigenvalue weighted by Gasteiger charge is 2.24. The molecule has 2 aliphatic rings. The maximum Gasteiger partial charge on any atom is 0.230 e. The summed E-state index contributed by atoms with van der Waals surface area (Å²) in [5, 5.41) is 7.20. The molecule has 0 radical (unpaired) electrons. The number of benzene rings is 1. The molecule has 132 valence electrons. The zero-order chi connectivity index (χ0) is 17.1. The van der Waals surface area contributed by atoms with E-state index in [-0.39, 0.29) is 11.8 Å². The second-order valence-electron chi connectivity index (χ2n) is 7.34. The topological polar surface area (TPSA) is 68.0 Å². The normalized spacial score (nSPS) is 19.2. The highest BCUT2D eigenvalue weighted by molar-refractivity contribution is 5.93. The van der Waals surface area contributed by atoms with Gasteiger partial charge in [0.05, 0.1) is 0 Å². The Bertz CT molecular complexity index is 728. The Hall–Kier alpha value is -2.17. The molecule has 4 rings (SSSR count). The van der Waals surface area contributed by atoms with Gasteiger partial charge in [0.25, 0.3) is 0 Å². The van der Waals surface area contributed by atoms with Crippen LogP contribution in [-0.4, -0.2) is 16.0 Å². The minimum Gasteiger partial charge on any atom is -0.339 e. The summed E-state index contributed by atoms with van der Waals surface area (Å²) in [6.45, 7) is 0. The zero-order valence-electron chi connectivity index (χ0n) is 14.5. The first-order valence-corrected chi connectivity index (χ1v) is 9.54. The summed E-state index contributed by atoms with van der Waals surface area (Å²) >= 11 is 0. The van der Waals surface area contributed by atoms with E-state index < -0.39 is 0 Å². The molecule has 0 unspecified atom stereocenters. The molecule has 2 fully saturated rings. The summed E-state index contributed by atoms with van der Waals surface area (Å²) in [5.41, 5.74) is 1.69. The van der Waals surface area contributed by atoms with Gasteiger partial charge >= 0.3 is 0 Å². The average molecular weight is 339 g/mol. The van der Waals surface area contributed by atoms with Crippen molar-refractivity contribution >= 4 is 11.6 Å². The summed E-state index contributed by atoms with van der Waals surface area (Å²) in [6, 6.07) is 7.74. The number of hydrogen-bond donors (Lipinski definition) is 1. The van der Waals surface area contributed by atoms with Crippen molar-refractivity contribution in [1.82, 2.24) is 10.1 Å². The fourth-order valence-electron chi connectivity index (χ4n) is 4.04. The molecule has 2 aliphatic carbocycles. The van der Waals surface area contributed by atoms with Gasteiger partial charge in [-0.25, -0.2) is 0 Å². The van der Waals surface area contributed by atoms with Crippen LogP contribution in [0, 0.1) is 5.92 Å². The largest absolute Gasteiger partial charge is 0.339 e. The van der Waals surface area contributed by atoms with Crippen LogP contribution < -0.4 is 5.32 Å². The number of amides is 1. The first-order valence-electron chi connectivity index (χ1n) is 9.54. The number of rotatable bonds is 4. The summed E-state index contributed by atoms with van der Waals surface area (Å²) in [6.07, 6.45) is 10.3. The van der Waals surface area contributed by atoms with E-state index in [0.717, 1.165) is 55.7 Å². The predicted octanol–water partition coefficient (Wildman–Crippen LogP) is 4.91. The van der Waals surface area contributed by atoms with Crippen LogP contribution in [0.25, 0.3) is 11.4 Å². The van der Waals surface area contributed by atoms with E-state index in [1.54, 1.807) is 0 Å². The SMILES string of the molecule is O=C(Nc1cccc(-c2noc(C3CCCC3)n2)c1)C1CCCCC1. The molecular formula is C20H25N3O2. The highest BCUT2D eigenvalue weighted by Crippen LogP contribution is 2.34. The van der Waals surface area contributed by atoms with Gasteiger partial charge in [0, 0.05) is 23.1 Å². The monoisotopic (exact) mass is 339 g/mol. The molecular weight excluding hydrogens is 314 g/mol. The fraction of sp³-hybridized carbons (Fsp3) is 0.550. The van der Waals surface area contributed by atoms with Gasteiger partial charge in [-0.1, -0.05) is 49.4 Å². The zero-order valence-corrected chi connectivity index (χ0v) is 14.5. The Kier molecular flexibility index (Phi) is 4.81. The summed E-state index contributed by atoms with van der Waals surface area (Å²) in [4.78, 5) is 17.0. The lowest BCUT2D eigenvalue weighted by Gasteiger charge is -2.20. The van der Waals surface area contributed by atoms with Gasteiger partial charge in [0.2, 0.25) is 17.6 Å². The Morgan fingerprint density at radius 2 is 1.80 bits per heavy atom. The lowest BCUT2D eigenvalue weighted by molar-refractivity contribution is -0.120. The van der Waals surface area contributed by atoms with Gasteiger partial charge in [-0.3, -0.25) is 4.79 Å². The van der Waals surface area contributed by atoms with Crippen LogP contribution >= 0.6 is 0 Å². The Labute approximate surface area is 148 Å². The van der Waals surface area contributed by atoms with E-state index in [4.69, 9.17) is 4.52 Å². The van der Waals surface area contributed by atoms with E-state index in [0.29, 0.717) is 11.7 Å². The van der Waals surface area contributed by atoms with Gasteiger partial charge in [0.1, 0.15) is 0 Å². The Balaban J connectivity index is 1.46. The molecule has 1 aromatic heterocycles. The lowest BCUT2D eigenvalue weighted by atomic mass is 9.88. The maximum atomic E-state index is 12.4. The van der Waals surface area contributed by atoms with Crippen LogP contribution in [0.5, 0.6) is 0 Å². The quantitative estimate of drug-likeness (QED) is 0.859. The second kappa shape index (κ2) is 7.38. The molecule has 0 aliphatic heterocycles. The molecule has 0 saturated heterocycles. The van der Waals surface area contributed by atoms with Crippen LogP contribution in [0.2, 0.25) is 0 Å². The number of hydrogen-bond acceptors (Lipinski definition) is 4. The second-order valence-corrected chi connectivity index (χ2v) is 7.34. The molecule has 1 amide bonds. The van der Waals surface area contributed by atoms with Gasteiger partial charge in [-0.05, 0) is 37.8 Å². The molecule has 1 aromatic carbocycles. The van der Waals surface area contributed by atoms with Crippen molar-refractivity contribution < 1.29 is 9.32 Å². The molecule has 2 aromatic rings. The molecule has 5 nitrogen and oxygen atoms in total. The number of anilines is 1. The summed E-state index contributed by atoms with van der Waals surface area (Å²) in [7, 11) is 0. The van der Waals surface area contributed by atoms with Crippen molar-refractivity contribution in [2.45, 2.75) is 63.7 Å². The predicted molar refractivity (Wildman–Crippen MR) is 96.1 cm³/mol. The summed E-state index contributed by atoms with van der Waals surface area (Å²) < 4.78 is 5.47. The maximum absolute atomic E-state index is 12.4. The van der Waals surface area contributed by atoms with Crippen molar-refractivity contribution in [2.24, 2.45) is 5.92 Å².